The maximum atomic E-state index is 11.2. The third-order valence-corrected chi connectivity index (χ3v) is 3.88. The molecule has 0 saturated carbocycles. The van der Waals surface area contributed by atoms with Crippen LogP contribution < -0.4 is 16.0 Å². The van der Waals surface area contributed by atoms with Gasteiger partial charge in [-0.15, -0.1) is 0 Å². The molecule has 0 radical (unpaired) electrons. The summed E-state index contributed by atoms with van der Waals surface area (Å²) in [6.07, 6.45) is 5.31. The van der Waals surface area contributed by atoms with Gasteiger partial charge >= 0.3 is 0 Å². The van der Waals surface area contributed by atoms with Gasteiger partial charge in [-0.3, -0.25) is 4.79 Å². The third-order valence-electron chi connectivity index (χ3n) is 3.88. The lowest BCUT2D eigenvalue weighted by atomic mass is 10.1. The van der Waals surface area contributed by atoms with Crippen LogP contribution in [-0.4, -0.2) is 36.1 Å². The molecule has 3 N–H and O–H groups in total. The van der Waals surface area contributed by atoms with Gasteiger partial charge < -0.3 is 16.0 Å². The Bertz CT molecular complexity index is 462. The Kier molecular flexibility index (Phi) is 2.91. The van der Waals surface area contributed by atoms with Crippen molar-refractivity contribution < 1.29 is 4.79 Å². The lowest BCUT2D eigenvalue weighted by molar-refractivity contribution is 0.1000. The molecule has 1 amide bonds. The second-order valence-corrected chi connectivity index (χ2v) is 5.14. The highest BCUT2D eigenvalue weighted by Crippen LogP contribution is 2.23. The summed E-state index contributed by atoms with van der Waals surface area (Å²) < 4.78 is 0. The van der Waals surface area contributed by atoms with Gasteiger partial charge in [0.05, 0.1) is 0 Å². The third kappa shape index (κ3) is 2.18. The molecule has 2 aliphatic rings. The molecule has 3 heterocycles. The van der Waals surface area contributed by atoms with Crippen LogP contribution in [0.4, 0.5) is 5.82 Å². The molecule has 18 heavy (non-hydrogen) atoms. The Morgan fingerprint density at radius 1 is 1.39 bits per heavy atom. The van der Waals surface area contributed by atoms with Gasteiger partial charge in [0.15, 0.2) is 0 Å². The van der Waals surface area contributed by atoms with E-state index >= 15 is 0 Å². The number of nitrogens with zero attached hydrogens (tertiary/aromatic N) is 2. The average molecular weight is 246 g/mol. The molecule has 0 aromatic carbocycles. The minimum Gasteiger partial charge on any atom is -0.366 e. The quantitative estimate of drug-likeness (QED) is 0.797. The lowest BCUT2D eigenvalue weighted by Gasteiger charge is -2.25. The summed E-state index contributed by atoms with van der Waals surface area (Å²) in [5.41, 5.74) is 5.84. The number of pyridine rings is 1. The molecule has 3 rings (SSSR count). The molecule has 2 bridgehead atoms. The summed E-state index contributed by atoms with van der Waals surface area (Å²) in [5.74, 6) is 0.466. The molecular formula is C13H18N4O. The van der Waals surface area contributed by atoms with E-state index in [1.807, 2.05) is 0 Å². The number of primary amides is 1. The lowest BCUT2D eigenvalue weighted by Crippen LogP contribution is -2.35. The number of nitrogens with one attached hydrogen (secondary N) is 1. The van der Waals surface area contributed by atoms with Crippen molar-refractivity contribution in [2.75, 3.05) is 18.0 Å². The Balaban J connectivity index is 1.81. The van der Waals surface area contributed by atoms with Crippen LogP contribution in [0.25, 0.3) is 0 Å². The maximum Gasteiger partial charge on any atom is 0.248 e. The smallest absolute Gasteiger partial charge is 0.248 e. The predicted molar refractivity (Wildman–Crippen MR) is 69.5 cm³/mol. The Morgan fingerprint density at radius 2 is 2.22 bits per heavy atom. The van der Waals surface area contributed by atoms with Crippen LogP contribution in [0.2, 0.25) is 0 Å². The molecule has 2 unspecified atom stereocenters. The SMILES string of the molecule is NC(=O)c1ccnc(N2CCC3CCC(C2)N3)c1. The van der Waals surface area contributed by atoms with Crippen molar-refractivity contribution >= 4 is 11.7 Å². The number of carbonyl (C=O) groups excluding carboxylic acids is 1. The highest BCUT2D eigenvalue weighted by Gasteiger charge is 2.29. The van der Waals surface area contributed by atoms with E-state index in [1.165, 1.54) is 12.8 Å². The number of rotatable bonds is 2. The van der Waals surface area contributed by atoms with E-state index in [4.69, 9.17) is 5.73 Å². The fourth-order valence-electron chi connectivity index (χ4n) is 2.90. The second-order valence-electron chi connectivity index (χ2n) is 5.14. The number of nitrogens with two attached hydrogens (primary N) is 1. The van der Waals surface area contributed by atoms with Crippen molar-refractivity contribution in [2.45, 2.75) is 31.3 Å². The van der Waals surface area contributed by atoms with Crippen molar-refractivity contribution in [1.82, 2.24) is 10.3 Å². The predicted octanol–water partition coefficient (Wildman–Crippen LogP) is 0.511. The zero-order chi connectivity index (χ0) is 12.5. The Morgan fingerprint density at radius 3 is 3.06 bits per heavy atom. The van der Waals surface area contributed by atoms with Crippen molar-refractivity contribution in [3.05, 3.63) is 23.9 Å². The van der Waals surface area contributed by atoms with Gasteiger partial charge in [-0.05, 0) is 31.4 Å². The first-order valence-electron chi connectivity index (χ1n) is 6.49. The summed E-state index contributed by atoms with van der Waals surface area (Å²) in [5, 5.41) is 3.63. The fraction of sp³-hybridized carbons (Fsp3) is 0.538. The van der Waals surface area contributed by atoms with Crippen LogP contribution in [0, 0.1) is 0 Å². The van der Waals surface area contributed by atoms with E-state index in [1.54, 1.807) is 18.3 Å². The zero-order valence-electron chi connectivity index (χ0n) is 10.3. The fourth-order valence-corrected chi connectivity index (χ4v) is 2.90. The molecule has 5 heteroatoms. The summed E-state index contributed by atoms with van der Waals surface area (Å²) in [6, 6.07) is 4.66. The number of carbonyl (C=O) groups is 1. The maximum absolute atomic E-state index is 11.2. The molecule has 2 saturated heterocycles. The Hall–Kier alpha value is -1.62. The number of aromatic nitrogens is 1. The molecule has 1 aromatic rings. The van der Waals surface area contributed by atoms with Crippen molar-refractivity contribution in [1.29, 1.82) is 0 Å². The van der Waals surface area contributed by atoms with Gasteiger partial charge in [0.25, 0.3) is 0 Å². The van der Waals surface area contributed by atoms with E-state index in [0.717, 1.165) is 25.3 Å². The summed E-state index contributed by atoms with van der Waals surface area (Å²) in [6.45, 7) is 1.95. The van der Waals surface area contributed by atoms with Crippen molar-refractivity contribution in [3.8, 4) is 0 Å². The van der Waals surface area contributed by atoms with E-state index < -0.39 is 5.91 Å². The first-order chi connectivity index (χ1) is 8.72. The van der Waals surface area contributed by atoms with Crippen LogP contribution in [0.1, 0.15) is 29.6 Å². The molecule has 2 fully saturated rings. The van der Waals surface area contributed by atoms with Crippen LogP contribution >= 0.6 is 0 Å². The van der Waals surface area contributed by atoms with Crippen molar-refractivity contribution in [2.24, 2.45) is 5.73 Å². The highest BCUT2D eigenvalue weighted by molar-refractivity contribution is 5.93. The number of fused-ring (bicyclic) bond motifs is 2. The largest absolute Gasteiger partial charge is 0.366 e. The number of amides is 1. The topological polar surface area (TPSA) is 71.2 Å². The van der Waals surface area contributed by atoms with Gasteiger partial charge in [-0.2, -0.15) is 0 Å². The highest BCUT2D eigenvalue weighted by atomic mass is 16.1. The van der Waals surface area contributed by atoms with Gasteiger partial charge in [-0.1, -0.05) is 0 Å². The molecule has 96 valence electrons. The minimum atomic E-state index is -0.395. The molecule has 0 aliphatic carbocycles. The van der Waals surface area contributed by atoms with Gasteiger partial charge in [0.2, 0.25) is 5.91 Å². The van der Waals surface area contributed by atoms with Crippen LogP contribution in [0.15, 0.2) is 18.3 Å². The minimum absolute atomic E-state index is 0.395. The number of hydrogen-bond donors (Lipinski definition) is 2. The van der Waals surface area contributed by atoms with E-state index in [2.05, 4.69) is 15.2 Å². The first kappa shape index (κ1) is 11.5. The summed E-state index contributed by atoms with van der Waals surface area (Å²) in [7, 11) is 0. The monoisotopic (exact) mass is 246 g/mol. The van der Waals surface area contributed by atoms with E-state index in [0.29, 0.717) is 17.6 Å². The Labute approximate surface area is 106 Å². The standard InChI is InChI=1S/C13H18N4O/c14-13(18)9-3-5-15-12(7-9)17-6-4-10-1-2-11(8-17)16-10/h3,5,7,10-11,16H,1-2,4,6,8H2,(H2,14,18). The van der Waals surface area contributed by atoms with Crippen LogP contribution in [-0.2, 0) is 0 Å². The van der Waals surface area contributed by atoms with Crippen LogP contribution in [0.5, 0.6) is 0 Å². The van der Waals surface area contributed by atoms with E-state index in [-0.39, 0.29) is 0 Å². The molecule has 1 aromatic heterocycles. The summed E-state index contributed by atoms with van der Waals surface area (Å²) >= 11 is 0. The van der Waals surface area contributed by atoms with Crippen molar-refractivity contribution in [3.63, 3.8) is 0 Å². The van der Waals surface area contributed by atoms with E-state index in [9.17, 15) is 4.79 Å². The van der Waals surface area contributed by atoms with Gasteiger partial charge in [0, 0.05) is 36.9 Å². The molecular weight excluding hydrogens is 228 g/mol. The summed E-state index contributed by atoms with van der Waals surface area (Å²) in [4.78, 5) is 17.8. The number of anilines is 1. The normalized spacial score (nSPS) is 27.0. The van der Waals surface area contributed by atoms with Crippen LogP contribution in [0.3, 0.4) is 0 Å². The van der Waals surface area contributed by atoms with Gasteiger partial charge in [-0.25, -0.2) is 4.98 Å². The first-order valence-corrected chi connectivity index (χ1v) is 6.49. The molecule has 2 aliphatic heterocycles. The zero-order valence-corrected chi connectivity index (χ0v) is 10.3. The molecule has 5 nitrogen and oxygen atoms in total. The molecule has 0 spiro atoms. The molecule has 2 atom stereocenters. The second kappa shape index (κ2) is 4.57. The number of hydrogen-bond acceptors (Lipinski definition) is 4. The average Bonchev–Trinajstić information content (AvgIpc) is 2.69. The van der Waals surface area contributed by atoms with Gasteiger partial charge in [0.1, 0.15) is 5.82 Å².